The van der Waals surface area contributed by atoms with Crippen molar-refractivity contribution in [2.75, 3.05) is 19.6 Å². The van der Waals surface area contributed by atoms with Gasteiger partial charge >= 0.3 is 0 Å². The average Bonchev–Trinajstić information content (AvgIpc) is 2.84. The molecule has 2 aliphatic rings. The number of benzene rings is 2. The summed E-state index contributed by atoms with van der Waals surface area (Å²) in [6.45, 7) is 2.87. The normalized spacial score (nSPS) is 20.7. The number of nitrogens with one attached hydrogen (secondary N) is 2. The van der Waals surface area contributed by atoms with E-state index in [0.29, 0.717) is 6.54 Å². The summed E-state index contributed by atoms with van der Waals surface area (Å²) < 4.78 is 27.8. The van der Waals surface area contributed by atoms with Crippen molar-refractivity contribution < 1.29 is 18.0 Å². The molecule has 0 saturated carbocycles. The van der Waals surface area contributed by atoms with Crippen LogP contribution in [0.1, 0.15) is 54.0 Å². The highest BCUT2D eigenvalue weighted by atomic mass is 32.2. The Labute approximate surface area is 207 Å². The smallest absolute Gasteiger partial charge is 0.243 e. The monoisotopic (exact) mass is 498 g/mol. The van der Waals surface area contributed by atoms with Crippen LogP contribution in [0.4, 0.5) is 0 Å². The third-order valence-corrected chi connectivity index (χ3v) is 8.74. The lowest BCUT2D eigenvalue weighted by molar-refractivity contribution is -0.132. The lowest BCUT2D eigenvalue weighted by Crippen LogP contribution is -2.58. The first-order valence-electron chi connectivity index (χ1n) is 12.3. The molecule has 4 N–H and O–H groups in total. The van der Waals surface area contributed by atoms with E-state index in [1.165, 1.54) is 23.3 Å². The Kier molecular flexibility index (Phi) is 7.88. The van der Waals surface area contributed by atoms with Crippen molar-refractivity contribution in [3.63, 3.8) is 0 Å². The summed E-state index contributed by atoms with van der Waals surface area (Å²) in [5.41, 5.74) is 10.2. The van der Waals surface area contributed by atoms with Gasteiger partial charge in [-0.1, -0.05) is 35.9 Å². The van der Waals surface area contributed by atoms with Crippen molar-refractivity contribution in [3.8, 4) is 0 Å². The highest BCUT2D eigenvalue weighted by Crippen LogP contribution is 2.31. The van der Waals surface area contributed by atoms with Gasteiger partial charge in [0.1, 0.15) is 6.04 Å². The second-order valence-corrected chi connectivity index (χ2v) is 11.3. The van der Waals surface area contributed by atoms with E-state index in [1.54, 1.807) is 12.1 Å². The molecule has 1 fully saturated rings. The maximum Gasteiger partial charge on any atom is 0.243 e. The molecule has 2 atom stereocenters. The number of aryl methyl sites for hydroxylation is 3. The molecule has 8 nitrogen and oxygen atoms in total. The first-order chi connectivity index (χ1) is 16.8. The number of fused-ring (bicyclic) bond motifs is 1. The second kappa shape index (κ2) is 10.9. The Hall–Kier alpha value is -2.75. The van der Waals surface area contributed by atoms with Gasteiger partial charge in [0.2, 0.25) is 21.8 Å². The van der Waals surface area contributed by atoms with Crippen LogP contribution in [0, 0.1) is 6.92 Å². The molecule has 0 radical (unpaired) electrons. The van der Waals surface area contributed by atoms with Gasteiger partial charge in [-0.05, 0) is 74.4 Å². The van der Waals surface area contributed by atoms with Gasteiger partial charge in [-0.3, -0.25) is 9.59 Å². The summed E-state index contributed by atoms with van der Waals surface area (Å²) >= 11 is 0. The molecule has 1 saturated heterocycles. The van der Waals surface area contributed by atoms with Crippen LogP contribution in [0.2, 0.25) is 0 Å². The molecule has 2 amide bonds. The van der Waals surface area contributed by atoms with Gasteiger partial charge in [0.15, 0.2) is 0 Å². The summed E-state index contributed by atoms with van der Waals surface area (Å²) in [6, 6.07) is 11.6. The largest absolute Gasteiger partial charge is 0.353 e. The van der Waals surface area contributed by atoms with E-state index in [0.717, 1.165) is 47.5 Å². The van der Waals surface area contributed by atoms with Gasteiger partial charge in [-0.2, -0.15) is 4.31 Å². The van der Waals surface area contributed by atoms with E-state index < -0.39 is 22.0 Å². The fourth-order valence-corrected chi connectivity index (χ4v) is 6.52. The maximum absolute atomic E-state index is 13.3. The molecule has 9 heteroatoms. The Bertz CT molecular complexity index is 1180. The summed E-state index contributed by atoms with van der Waals surface area (Å²) in [7, 11) is -3.92. The van der Waals surface area contributed by atoms with Gasteiger partial charge in [0.05, 0.1) is 17.4 Å². The van der Waals surface area contributed by atoms with Crippen molar-refractivity contribution in [3.05, 3.63) is 64.7 Å². The Morgan fingerprint density at radius 2 is 1.97 bits per heavy atom. The molecule has 2 aromatic rings. The van der Waals surface area contributed by atoms with E-state index in [2.05, 4.69) is 28.8 Å². The first kappa shape index (κ1) is 25.3. The molecule has 0 bridgehead atoms. The van der Waals surface area contributed by atoms with Crippen LogP contribution in [0.15, 0.2) is 47.4 Å². The number of rotatable bonds is 8. The SMILES string of the molecule is Cc1ccc(S(=O)(=O)N2CCNC(=O)[C@H]2CC(=O)N[C@@H]2CCCc3cc(CCCN)ccc32)cc1. The molecule has 0 unspecified atom stereocenters. The minimum Gasteiger partial charge on any atom is -0.353 e. The molecule has 4 rings (SSSR count). The number of sulfonamides is 1. The Morgan fingerprint density at radius 3 is 2.71 bits per heavy atom. The highest BCUT2D eigenvalue weighted by Gasteiger charge is 2.40. The van der Waals surface area contributed by atoms with Crippen molar-refractivity contribution in [2.24, 2.45) is 5.73 Å². The summed E-state index contributed by atoms with van der Waals surface area (Å²) in [5, 5.41) is 5.77. The van der Waals surface area contributed by atoms with E-state index in [9.17, 15) is 18.0 Å². The minimum absolute atomic E-state index is 0.120. The lowest BCUT2D eigenvalue weighted by atomic mass is 9.86. The molecule has 1 aliphatic heterocycles. The zero-order valence-electron chi connectivity index (χ0n) is 20.1. The summed E-state index contributed by atoms with van der Waals surface area (Å²) in [4.78, 5) is 25.9. The average molecular weight is 499 g/mol. The molecule has 1 aliphatic carbocycles. The van der Waals surface area contributed by atoms with Crippen LogP contribution in [0.25, 0.3) is 0 Å². The zero-order chi connectivity index (χ0) is 25.0. The van der Waals surface area contributed by atoms with Crippen molar-refractivity contribution in [2.45, 2.75) is 62.4 Å². The second-order valence-electron chi connectivity index (χ2n) is 9.38. The molecule has 0 spiro atoms. The number of hydrogen-bond acceptors (Lipinski definition) is 5. The number of piperazine rings is 1. The van der Waals surface area contributed by atoms with Gasteiger partial charge in [0, 0.05) is 13.1 Å². The zero-order valence-corrected chi connectivity index (χ0v) is 20.9. The quantitative estimate of drug-likeness (QED) is 0.514. The minimum atomic E-state index is -3.92. The number of nitrogens with two attached hydrogens (primary N) is 1. The van der Waals surface area contributed by atoms with Gasteiger partial charge in [-0.15, -0.1) is 0 Å². The van der Waals surface area contributed by atoms with Gasteiger partial charge in [0.25, 0.3) is 0 Å². The molecular weight excluding hydrogens is 464 g/mol. The third kappa shape index (κ3) is 5.74. The van der Waals surface area contributed by atoms with Crippen LogP contribution >= 0.6 is 0 Å². The molecule has 1 heterocycles. The van der Waals surface area contributed by atoms with Crippen LogP contribution in [0.3, 0.4) is 0 Å². The van der Waals surface area contributed by atoms with Crippen molar-refractivity contribution >= 4 is 21.8 Å². The fourth-order valence-electron chi connectivity index (χ4n) is 4.93. The van der Waals surface area contributed by atoms with Crippen molar-refractivity contribution in [1.82, 2.24) is 14.9 Å². The van der Waals surface area contributed by atoms with Crippen LogP contribution < -0.4 is 16.4 Å². The van der Waals surface area contributed by atoms with E-state index >= 15 is 0 Å². The van der Waals surface area contributed by atoms with E-state index in [1.807, 2.05) is 6.92 Å². The first-order valence-corrected chi connectivity index (χ1v) is 13.7. The molecule has 2 aromatic carbocycles. The highest BCUT2D eigenvalue weighted by molar-refractivity contribution is 7.89. The number of hydrogen-bond donors (Lipinski definition) is 3. The fraction of sp³-hybridized carbons (Fsp3) is 0.462. The number of carbonyl (C=O) groups excluding carboxylic acids is 2. The molecule has 188 valence electrons. The number of amides is 2. The van der Waals surface area contributed by atoms with Crippen LogP contribution in [0.5, 0.6) is 0 Å². The van der Waals surface area contributed by atoms with Crippen LogP contribution in [-0.4, -0.2) is 50.2 Å². The molecular formula is C26H34N4O4S. The topological polar surface area (TPSA) is 122 Å². The predicted octanol–water partition coefficient (Wildman–Crippen LogP) is 1.96. The maximum atomic E-state index is 13.3. The molecule has 0 aromatic heterocycles. The Balaban J connectivity index is 1.48. The van der Waals surface area contributed by atoms with Gasteiger partial charge in [-0.25, -0.2) is 8.42 Å². The lowest BCUT2D eigenvalue weighted by Gasteiger charge is -2.34. The third-order valence-electron chi connectivity index (χ3n) is 6.81. The van der Waals surface area contributed by atoms with Crippen molar-refractivity contribution in [1.29, 1.82) is 0 Å². The summed E-state index contributed by atoms with van der Waals surface area (Å²) in [6.07, 6.45) is 4.37. The molecule has 35 heavy (non-hydrogen) atoms. The van der Waals surface area contributed by atoms with E-state index in [4.69, 9.17) is 5.73 Å². The summed E-state index contributed by atoms with van der Waals surface area (Å²) in [5.74, 6) is -0.781. The van der Waals surface area contributed by atoms with E-state index in [-0.39, 0.29) is 36.4 Å². The number of nitrogens with zero attached hydrogens (tertiary/aromatic N) is 1. The van der Waals surface area contributed by atoms with Gasteiger partial charge < -0.3 is 16.4 Å². The van der Waals surface area contributed by atoms with Crippen LogP contribution in [-0.2, 0) is 32.5 Å². The number of carbonyl (C=O) groups is 2. The Morgan fingerprint density at radius 1 is 1.20 bits per heavy atom. The standard InChI is InChI=1S/C26H34N4O4S/c1-18-7-10-21(11-8-18)35(33,34)30-15-14-28-26(32)24(30)17-25(31)29-23-6-2-5-20-16-19(4-3-13-27)9-12-22(20)23/h7-12,16,23-24H,2-6,13-15,17,27H2,1H3,(H,28,32)(H,29,31)/t23-,24-/m1/s1. The predicted molar refractivity (Wildman–Crippen MR) is 134 cm³/mol.